The molecule has 1 saturated carbocycles. The number of halogens is 1. The third kappa shape index (κ3) is 9.78. The van der Waals surface area contributed by atoms with Crippen LogP contribution in [0.15, 0.2) is 15.6 Å². The standard InChI is InChI=1S/C20H36N4O2.HI/c1-16(2)19-14-18(26-24-19)15-23-20(21-3)22-12-8-5-9-13-25-17-10-6-4-7-11-17;/h14,16-17H,4-13,15H2,1-3H3,(H2,21,22,23);1H. The van der Waals surface area contributed by atoms with E-state index in [0.717, 1.165) is 43.4 Å². The summed E-state index contributed by atoms with van der Waals surface area (Å²) in [5, 5.41) is 10.7. The monoisotopic (exact) mass is 492 g/mol. The van der Waals surface area contributed by atoms with E-state index in [1.807, 2.05) is 6.07 Å². The molecule has 27 heavy (non-hydrogen) atoms. The molecule has 156 valence electrons. The van der Waals surface area contributed by atoms with Gasteiger partial charge in [0.1, 0.15) is 0 Å². The van der Waals surface area contributed by atoms with Gasteiger partial charge in [-0.2, -0.15) is 0 Å². The van der Waals surface area contributed by atoms with Crippen molar-refractivity contribution < 1.29 is 9.26 Å². The van der Waals surface area contributed by atoms with E-state index in [9.17, 15) is 0 Å². The molecule has 0 atom stereocenters. The number of hydrogen-bond donors (Lipinski definition) is 2. The molecule has 0 aliphatic heterocycles. The topological polar surface area (TPSA) is 71.7 Å². The van der Waals surface area contributed by atoms with Crippen molar-refractivity contribution >= 4 is 29.9 Å². The van der Waals surface area contributed by atoms with E-state index in [4.69, 9.17) is 9.26 Å². The van der Waals surface area contributed by atoms with E-state index < -0.39 is 0 Å². The van der Waals surface area contributed by atoms with Crippen LogP contribution in [0.5, 0.6) is 0 Å². The highest BCUT2D eigenvalue weighted by Gasteiger charge is 2.13. The van der Waals surface area contributed by atoms with Crippen molar-refractivity contribution in [1.29, 1.82) is 0 Å². The lowest BCUT2D eigenvalue weighted by Crippen LogP contribution is -2.37. The number of ether oxygens (including phenoxy) is 1. The Hall–Kier alpha value is -0.830. The minimum Gasteiger partial charge on any atom is -0.378 e. The van der Waals surface area contributed by atoms with Crippen LogP contribution < -0.4 is 10.6 Å². The summed E-state index contributed by atoms with van der Waals surface area (Å²) in [6, 6.07) is 2.00. The average molecular weight is 492 g/mol. The molecule has 0 bridgehead atoms. The lowest BCUT2D eigenvalue weighted by molar-refractivity contribution is 0.0264. The summed E-state index contributed by atoms with van der Waals surface area (Å²) in [5.74, 6) is 2.01. The van der Waals surface area contributed by atoms with Gasteiger partial charge in [-0.25, -0.2) is 0 Å². The highest BCUT2D eigenvalue weighted by atomic mass is 127. The van der Waals surface area contributed by atoms with E-state index >= 15 is 0 Å². The minimum absolute atomic E-state index is 0. The molecule has 1 aromatic rings. The number of guanidine groups is 1. The number of hydrogen-bond acceptors (Lipinski definition) is 4. The van der Waals surface area contributed by atoms with Gasteiger partial charge in [-0.3, -0.25) is 4.99 Å². The third-order valence-corrected chi connectivity index (χ3v) is 4.84. The van der Waals surface area contributed by atoms with Crippen LogP contribution in [0.2, 0.25) is 0 Å². The summed E-state index contributed by atoms with van der Waals surface area (Å²) in [6.07, 6.45) is 10.5. The second-order valence-electron chi connectivity index (χ2n) is 7.42. The zero-order chi connectivity index (χ0) is 18.6. The van der Waals surface area contributed by atoms with Crippen molar-refractivity contribution in [3.63, 3.8) is 0 Å². The van der Waals surface area contributed by atoms with Crippen LogP contribution in [0, 0.1) is 0 Å². The van der Waals surface area contributed by atoms with Gasteiger partial charge in [0.15, 0.2) is 11.7 Å². The zero-order valence-corrected chi connectivity index (χ0v) is 19.5. The van der Waals surface area contributed by atoms with Crippen LogP contribution in [-0.4, -0.2) is 37.4 Å². The van der Waals surface area contributed by atoms with E-state index in [-0.39, 0.29) is 24.0 Å². The molecule has 0 amide bonds. The molecular weight excluding hydrogens is 455 g/mol. The molecule has 2 rings (SSSR count). The van der Waals surface area contributed by atoms with Crippen LogP contribution in [-0.2, 0) is 11.3 Å². The fourth-order valence-electron chi connectivity index (χ4n) is 3.17. The van der Waals surface area contributed by atoms with Gasteiger partial charge in [0, 0.05) is 26.3 Å². The van der Waals surface area contributed by atoms with E-state index in [2.05, 4.69) is 34.6 Å². The molecule has 1 heterocycles. The highest BCUT2D eigenvalue weighted by Crippen LogP contribution is 2.20. The van der Waals surface area contributed by atoms with E-state index in [1.54, 1.807) is 7.05 Å². The average Bonchev–Trinajstić information content (AvgIpc) is 3.13. The summed E-state index contributed by atoms with van der Waals surface area (Å²) in [6.45, 7) is 6.62. The van der Waals surface area contributed by atoms with Crippen molar-refractivity contribution in [2.45, 2.75) is 83.8 Å². The molecular formula is C20H37IN4O2. The number of aromatic nitrogens is 1. The molecule has 2 N–H and O–H groups in total. The lowest BCUT2D eigenvalue weighted by Gasteiger charge is -2.21. The Kier molecular flexibility index (Phi) is 12.7. The fourth-order valence-corrected chi connectivity index (χ4v) is 3.17. The predicted molar refractivity (Wildman–Crippen MR) is 121 cm³/mol. The molecule has 0 saturated heterocycles. The highest BCUT2D eigenvalue weighted by molar-refractivity contribution is 14.0. The molecule has 0 spiro atoms. The molecule has 0 unspecified atom stereocenters. The Morgan fingerprint density at radius 1 is 1.22 bits per heavy atom. The van der Waals surface area contributed by atoms with Crippen molar-refractivity contribution in [2.75, 3.05) is 20.2 Å². The summed E-state index contributed by atoms with van der Waals surface area (Å²) < 4.78 is 11.3. The third-order valence-electron chi connectivity index (χ3n) is 4.84. The van der Waals surface area contributed by atoms with Gasteiger partial charge < -0.3 is 19.9 Å². The molecule has 1 fully saturated rings. The largest absolute Gasteiger partial charge is 0.378 e. The van der Waals surface area contributed by atoms with Gasteiger partial charge in [-0.1, -0.05) is 38.3 Å². The molecule has 1 aromatic heterocycles. The maximum Gasteiger partial charge on any atom is 0.191 e. The van der Waals surface area contributed by atoms with Gasteiger partial charge in [0.05, 0.1) is 18.3 Å². The second kappa shape index (κ2) is 14.2. The normalized spacial score (nSPS) is 15.6. The fraction of sp³-hybridized carbons (Fsp3) is 0.800. The van der Waals surface area contributed by atoms with E-state index in [0.29, 0.717) is 18.6 Å². The van der Waals surface area contributed by atoms with Crippen LogP contribution in [0.3, 0.4) is 0 Å². The summed E-state index contributed by atoms with van der Waals surface area (Å²) >= 11 is 0. The van der Waals surface area contributed by atoms with Crippen molar-refractivity contribution in [3.8, 4) is 0 Å². The maximum atomic E-state index is 5.97. The quantitative estimate of drug-likeness (QED) is 0.216. The van der Waals surface area contributed by atoms with Crippen molar-refractivity contribution in [1.82, 2.24) is 15.8 Å². The number of aliphatic imine (C=N–C) groups is 1. The van der Waals surface area contributed by atoms with Crippen molar-refractivity contribution in [2.24, 2.45) is 4.99 Å². The van der Waals surface area contributed by atoms with Gasteiger partial charge in [-0.05, 0) is 38.0 Å². The number of nitrogens with one attached hydrogen (secondary N) is 2. The van der Waals surface area contributed by atoms with Gasteiger partial charge in [0.25, 0.3) is 0 Å². The minimum atomic E-state index is 0. The summed E-state index contributed by atoms with van der Waals surface area (Å²) in [4.78, 5) is 4.25. The molecule has 1 aliphatic carbocycles. The van der Waals surface area contributed by atoms with E-state index in [1.165, 1.54) is 38.5 Å². The smallest absolute Gasteiger partial charge is 0.191 e. The Labute approximate surface area is 181 Å². The van der Waals surface area contributed by atoms with Crippen LogP contribution in [0.4, 0.5) is 0 Å². The van der Waals surface area contributed by atoms with Crippen LogP contribution in [0.25, 0.3) is 0 Å². The second-order valence-corrected chi connectivity index (χ2v) is 7.42. The predicted octanol–water partition coefficient (Wildman–Crippen LogP) is 4.60. The molecule has 6 nitrogen and oxygen atoms in total. The number of nitrogens with zero attached hydrogens (tertiary/aromatic N) is 2. The Balaban J connectivity index is 0.00000364. The van der Waals surface area contributed by atoms with Crippen molar-refractivity contribution in [3.05, 3.63) is 17.5 Å². The first kappa shape index (κ1) is 24.2. The Morgan fingerprint density at radius 3 is 2.67 bits per heavy atom. The zero-order valence-electron chi connectivity index (χ0n) is 17.1. The first-order valence-electron chi connectivity index (χ1n) is 10.2. The van der Waals surface area contributed by atoms with Crippen LogP contribution in [0.1, 0.15) is 82.6 Å². The molecule has 7 heteroatoms. The van der Waals surface area contributed by atoms with Crippen LogP contribution >= 0.6 is 24.0 Å². The number of rotatable bonds is 10. The first-order chi connectivity index (χ1) is 12.7. The molecule has 0 radical (unpaired) electrons. The molecule has 0 aromatic carbocycles. The Morgan fingerprint density at radius 2 is 2.00 bits per heavy atom. The summed E-state index contributed by atoms with van der Waals surface area (Å²) in [5.41, 5.74) is 0.986. The van der Waals surface area contributed by atoms with Gasteiger partial charge in [-0.15, -0.1) is 24.0 Å². The van der Waals surface area contributed by atoms with Gasteiger partial charge in [0.2, 0.25) is 0 Å². The Bertz CT molecular complexity index is 528. The number of unbranched alkanes of at least 4 members (excludes halogenated alkanes) is 2. The molecule has 1 aliphatic rings. The first-order valence-corrected chi connectivity index (χ1v) is 10.2. The summed E-state index contributed by atoms with van der Waals surface area (Å²) in [7, 11) is 1.78. The SMILES string of the molecule is CN=C(NCCCCCOC1CCCCC1)NCc1cc(C(C)C)no1.I. The maximum absolute atomic E-state index is 5.97. The van der Waals surface area contributed by atoms with Gasteiger partial charge >= 0.3 is 0 Å². The lowest BCUT2D eigenvalue weighted by atomic mass is 9.98.